The molecule has 1 aliphatic rings. The topological polar surface area (TPSA) is 75.0 Å². The van der Waals surface area contributed by atoms with Crippen LogP contribution in [-0.2, 0) is 6.42 Å². The van der Waals surface area contributed by atoms with Crippen molar-refractivity contribution in [1.82, 2.24) is 15.1 Å². The molecule has 100 valence electrons. The van der Waals surface area contributed by atoms with Crippen molar-refractivity contribution < 1.29 is 4.79 Å². The quantitative estimate of drug-likeness (QED) is 0.871. The smallest absolute Gasteiger partial charge is 0.276 e. The first-order valence-electron chi connectivity index (χ1n) is 6.37. The summed E-state index contributed by atoms with van der Waals surface area (Å²) in [6.07, 6.45) is 1.82. The normalized spacial score (nSPS) is 20.1. The fourth-order valence-corrected chi connectivity index (χ4v) is 3.16. The van der Waals surface area contributed by atoms with Crippen LogP contribution >= 0.6 is 11.8 Å². The van der Waals surface area contributed by atoms with Gasteiger partial charge in [-0.15, -0.1) is 0 Å². The number of carbonyl (C=O) groups is 1. The van der Waals surface area contributed by atoms with Crippen molar-refractivity contribution >= 4 is 23.4 Å². The zero-order valence-electron chi connectivity index (χ0n) is 10.9. The van der Waals surface area contributed by atoms with Crippen LogP contribution in [0.3, 0.4) is 0 Å². The number of aryl methyl sites for hydroxylation is 1. The molecule has 0 spiro atoms. The number of hydrogen-bond donors (Lipinski definition) is 2. The highest BCUT2D eigenvalue weighted by Gasteiger charge is 2.26. The molecule has 0 saturated carbocycles. The molecule has 1 fully saturated rings. The molecule has 0 bridgehead atoms. The molecule has 0 aromatic carbocycles. The first-order chi connectivity index (χ1) is 8.63. The second-order valence-corrected chi connectivity index (χ2v) is 6.19. The third kappa shape index (κ3) is 2.63. The van der Waals surface area contributed by atoms with Gasteiger partial charge in [0.05, 0.1) is 11.4 Å². The van der Waals surface area contributed by atoms with Crippen LogP contribution in [0, 0.1) is 0 Å². The van der Waals surface area contributed by atoms with E-state index in [4.69, 9.17) is 5.73 Å². The molecule has 3 N–H and O–H groups in total. The van der Waals surface area contributed by atoms with Crippen molar-refractivity contribution in [1.29, 1.82) is 0 Å². The molecule has 2 rings (SSSR count). The molecule has 1 unspecified atom stereocenters. The number of carbonyl (C=O) groups excluding carboxylic acids is 1. The number of hydrogen-bond acceptors (Lipinski definition) is 4. The molecule has 1 aromatic rings. The number of amides is 1. The molecule has 0 radical (unpaired) electrons. The predicted octanol–water partition coefficient (Wildman–Crippen LogP) is 1.52. The molecule has 18 heavy (non-hydrogen) atoms. The van der Waals surface area contributed by atoms with Crippen LogP contribution < -0.4 is 5.73 Å². The molecule has 0 aliphatic carbocycles. The molecular weight excluding hydrogens is 248 g/mol. The van der Waals surface area contributed by atoms with Crippen LogP contribution in [0.2, 0.25) is 0 Å². The first-order valence-corrected chi connectivity index (χ1v) is 7.42. The van der Waals surface area contributed by atoms with Crippen LogP contribution in [0.25, 0.3) is 0 Å². The fourth-order valence-electron chi connectivity index (χ4n) is 2.14. The average molecular weight is 268 g/mol. The summed E-state index contributed by atoms with van der Waals surface area (Å²) in [7, 11) is 0. The summed E-state index contributed by atoms with van der Waals surface area (Å²) >= 11 is 1.90. The van der Waals surface area contributed by atoms with Gasteiger partial charge in [0.2, 0.25) is 0 Å². The molecule has 1 aliphatic heterocycles. The van der Waals surface area contributed by atoms with Crippen molar-refractivity contribution in [2.45, 2.75) is 31.9 Å². The number of anilines is 1. The van der Waals surface area contributed by atoms with E-state index < -0.39 is 0 Å². The van der Waals surface area contributed by atoms with Gasteiger partial charge in [-0.1, -0.05) is 20.3 Å². The van der Waals surface area contributed by atoms with Gasteiger partial charge in [0, 0.05) is 24.1 Å². The number of H-pyrrole nitrogens is 1. The van der Waals surface area contributed by atoms with Gasteiger partial charge in [0.25, 0.3) is 5.91 Å². The van der Waals surface area contributed by atoms with E-state index in [0.29, 0.717) is 16.6 Å². The summed E-state index contributed by atoms with van der Waals surface area (Å²) < 4.78 is 0. The van der Waals surface area contributed by atoms with E-state index in [1.165, 1.54) is 0 Å². The summed E-state index contributed by atoms with van der Waals surface area (Å²) in [5.74, 6) is 0.942. The van der Waals surface area contributed by atoms with E-state index in [2.05, 4.69) is 24.0 Å². The van der Waals surface area contributed by atoms with E-state index in [1.54, 1.807) is 0 Å². The number of aromatic nitrogens is 2. The van der Waals surface area contributed by atoms with Crippen LogP contribution in [0.4, 0.5) is 5.69 Å². The monoisotopic (exact) mass is 268 g/mol. The molecule has 1 atom stereocenters. The van der Waals surface area contributed by atoms with Gasteiger partial charge in [0.15, 0.2) is 5.69 Å². The number of rotatable bonds is 3. The molecule has 1 saturated heterocycles. The Morgan fingerprint density at radius 2 is 2.44 bits per heavy atom. The minimum atomic E-state index is -0.0433. The van der Waals surface area contributed by atoms with Crippen molar-refractivity contribution in [3.8, 4) is 0 Å². The Bertz CT molecular complexity index is 432. The zero-order chi connectivity index (χ0) is 13.1. The fraction of sp³-hybridized carbons (Fsp3) is 0.667. The van der Waals surface area contributed by atoms with Gasteiger partial charge in [-0.05, 0) is 6.42 Å². The molecule has 1 amide bonds. The second-order valence-electron chi connectivity index (χ2n) is 4.65. The maximum Gasteiger partial charge on any atom is 0.276 e. The van der Waals surface area contributed by atoms with Gasteiger partial charge in [0.1, 0.15) is 0 Å². The zero-order valence-corrected chi connectivity index (χ0v) is 11.7. The molecule has 6 heteroatoms. The number of nitrogens with one attached hydrogen (secondary N) is 1. The summed E-state index contributed by atoms with van der Waals surface area (Å²) in [6.45, 7) is 5.77. The number of aromatic amines is 1. The summed E-state index contributed by atoms with van der Waals surface area (Å²) in [5.41, 5.74) is 7.77. The number of thioether (sulfide) groups is 1. The highest BCUT2D eigenvalue weighted by molar-refractivity contribution is 7.99. The Morgan fingerprint density at radius 3 is 3.11 bits per heavy atom. The maximum absolute atomic E-state index is 12.3. The molecular formula is C12H20N4OS. The maximum atomic E-state index is 12.3. The first kappa shape index (κ1) is 13.3. The number of nitrogen functional groups attached to an aromatic ring is 1. The lowest BCUT2D eigenvalue weighted by molar-refractivity contribution is 0.0758. The van der Waals surface area contributed by atoms with Crippen molar-refractivity contribution in [2.24, 2.45) is 0 Å². The molecule has 2 heterocycles. The Balaban J connectivity index is 2.13. The van der Waals surface area contributed by atoms with Crippen LogP contribution in [0.1, 0.15) is 36.5 Å². The van der Waals surface area contributed by atoms with Crippen molar-refractivity contribution in [3.63, 3.8) is 0 Å². The van der Waals surface area contributed by atoms with Crippen LogP contribution in [0.15, 0.2) is 0 Å². The molecule has 5 nitrogen and oxygen atoms in total. The van der Waals surface area contributed by atoms with Gasteiger partial charge in [-0.2, -0.15) is 16.9 Å². The SMILES string of the molecule is CCCc1[nH]nc(C(=O)N2CCSC(C)C2)c1N. The highest BCUT2D eigenvalue weighted by Crippen LogP contribution is 2.22. The average Bonchev–Trinajstić information content (AvgIpc) is 2.71. The van der Waals surface area contributed by atoms with E-state index in [1.807, 2.05) is 16.7 Å². The highest BCUT2D eigenvalue weighted by atomic mass is 32.2. The van der Waals surface area contributed by atoms with E-state index in [0.717, 1.165) is 37.4 Å². The van der Waals surface area contributed by atoms with Crippen LogP contribution in [-0.4, -0.2) is 45.1 Å². The van der Waals surface area contributed by atoms with Crippen molar-refractivity contribution in [3.05, 3.63) is 11.4 Å². The minimum Gasteiger partial charge on any atom is -0.395 e. The summed E-state index contributed by atoms with van der Waals surface area (Å²) in [6, 6.07) is 0. The predicted molar refractivity (Wildman–Crippen MR) is 74.8 cm³/mol. The lowest BCUT2D eigenvalue weighted by Crippen LogP contribution is -2.41. The Hall–Kier alpha value is -1.17. The summed E-state index contributed by atoms with van der Waals surface area (Å²) in [4.78, 5) is 14.2. The largest absolute Gasteiger partial charge is 0.395 e. The Labute approximate surface area is 111 Å². The second kappa shape index (κ2) is 5.65. The van der Waals surface area contributed by atoms with Gasteiger partial charge in [-0.3, -0.25) is 9.89 Å². The van der Waals surface area contributed by atoms with E-state index in [9.17, 15) is 4.79 Å². The number of nitrogens with two attached hydrogens (primary N) is 1. The van der Waals surface area contributed by atoms with Gasteiger partial charge >= 0.3 is 0 Å². The number of nitrogens with zero attached hydrogens (tertiary/aromatic N) is 2. The van der Waals surface area contributed by atoms with Crippen LogP contribution in [0.5, 0.6) is 0 Å². The third-order valence-electron chi connectivity index (χ3n) is 3.11. The van der Waals surface area contributed by atoms with Gasteiger partial charge in [-0.25, -0.2) is 0 Å². The van der Waals surface area contributed by atoms with Gasteiger partial charge < -0.3 is 10.6 Å². The third-order valence-corrected chi connectivity index (χ3v) is 4.25. The molecule has 1 aromatic heterocycles. The Morgan fingerprint density at radius 1 is 1.67 bits per heavy atom. The van der Waals surface area contributed by atoms with E-state index in [-0.39, 0.29) is 5.91 Å². The summed E-state index contributed by atoms with van der Waals surface area (Å²) in [5, 5.41) is 7.45. The standard InChI is InChI=1S/C12H20N4OS/c1-3-4-9-10(13)11(15-14-9)12(17)16-5-6-18-8(2)7-16/h8H,3-7,13H2,1-2H3,(H,14,15). The Kier molecular flexibility index (Phi) is 4.16. The minimum absolute atomic E-state index is 0.0433. The lowest BCUT2D eigenvalue weighted by Gasteiger charge is -2.30. The van der Waals surface area contributed by atoms with E-state index >= 15 is 0 Å². The van der Waals surface area contributed by atoms with Crippen molar-refractivity contribution in [2.75, 3.05) is 24.6 Å². The lowest BCUT2D eigenvalue weighted by atomic mass is 10.2.